The summed E-state index contributed by atoms with van der Waals surface area (Å²) in [5, 5.41) is 7.42. The summed E-state index contributed by atoms with van der Waals surface area (Å²) in [6, 6.07) is 0. The third-order valence-electron chi connectivity index (χ3n) is 0.691. The van der Waals surface area contributed by atoms with Gasteiger partial charge in [0.2, 0.25) is 0 Å². The molecule has 1 N–H and O–H groups in total. The van der Waals surface area contributed by atoms with Crippen LogP contribution < -0.4 is 0 Å². The maximum atomic E-state index is 9.00. The summed E-state index contributed by atoms with van der Waals surface area (Å²) in [7, 11) is 0. The second-order valence-corrected chi connectivity index (χ2v) is 1.88. The normalized spacial score (nSPS) is 8.70. The zero-order chi connectivity index (χ0) is 8.41. The Balaban J connectivity index is 0. The highest BCUT2D eigenvalue weighted by Crippen LogP contribution is 1.85. The van der Waals surface area contributed by atoms with Gasteiger partial charge in [-0.1, -0.05) is 25.5 Å². The van der Waals surface area contributed by atoms with E-state index in [1.807, 2.05) is 0 Å². The quantitative estimate of drug-likeness (QED) is 0.604. The van der Waals surface area contributed by atoms with Gasteiger partial charge in [0.25, 0.3) is 5.97 Å². The summed E-state index contributed by atoms with van der Waals surface area (Å²) < 4.78 is 0. The lowest BCUT2D eigenvalue weighted by molar-refractivity contribution is -0.134. The molecule has 2 nitrogen and oxygen atoms in total. The van der Waals surface area contributed by atoms with Crippen LogP contribution in [0, 0.1) is 0 Å². The molecule has 0 aromatic rings. The largest absolute Gasteiger partial charge is 0.481 e. The van der Waals surface area contributed by atoms with Crippen LogP contribution >= 0.6 is 0 Å². The van der Waals surface area contributed by atoms with Crippen molar-refractivity contribution in [1.29, 1.82) is 0 Å². The van der Waals surface area contributed by atoms with Crippen LogP contribution in [-0.2, 0) is 4.79 Å². The van der Waals surface area contributed by atoms with Gasteiger partial charge in [-0.3, -0.25) is 4.79 Å². The van der Waals surface area contributed by atoms with Gasteiger partial charge in [-0.25, -0.2) is 0 Å². The average molecular weight is 144 g/mol. The minimum atomic E-state index is -0.833. The first-order valence-electron chi connectivity index (χ1n) is 3.45. The van der Waals surface area contributed by atoms with Gasteiger partial charge < -0.3 is 5.11 Å². The molecule has 0 saturated heterocycles. The van der Waals surface area contributed by atoms with Crippen LogP contribution in [0.5, 0.6) is 0 Å². The van der Waals surface area contributed by atoms with Crippen LogP contribution in [-0.4, -0.2) is 11.1 Å². The summed E-state index contributed by atoms with van der Waals surface area (Å²) in [4.78, 5) is 9.00. The fraction of sp³-hybridized carbons (Fsp3) is 0.625. The van der Waals surface area contributed by atoms with E-state index in [1.165, 1.54) is 12.8 Å². The number of allylic oxidation sites excluding steroid dienone is 2. The Morgan fingerprint density at radius 2 is 2.00 bits per heavy atom. The lowest BCUT2D eigenvalue weighted by Crippen LogP contribution is -1.78. The topological polar surface area (TPSA) is 37.3 Å². The van der Waals surface area contributed by atoms with Gasteiger partial charge in [-0.05, 0) is 13.3 Å². The van der Waals surface area contributed by atoms with Crippen LogP contribution in [0.2, 0.25) is 0 Å². The molecule has 0 unspecified atom stereocenters. The van der Waals surface area contributed by atoms with Crippen LogP contribution in [0.25, 0.3) is 0 Å². The highest BCUT2D eigenvalue weighted by molar-refractivity contribution is 5.62. The van der Waals surface area contributed by atoms with Crippen molar-refractivity contribution in [2.75, 3.05) is 0 Å². The molecule has 10 heavy (non-hydrogen) atoms. The molecule has 0 fully saturated rings. The SMILES string of the molecule is CC(=O)O.CC=CCCC. The Hall–Kier alpha value is -0.790. The molecule has 2 heteroatoms. The van der Waals surface area contributed by atoms with Gasteiger partial charge in [0.15, 0.2) is 0 Å². The van der Waals surface area contributed by atoms with E-state index in [1.54, 1.807) is 0 Å². The van der Waals surface area contributed by atoms with E-state index < -0.39 is 5.97 Å². The smallest absolute Gasteiger partial charge is 0.300 e. The first kappa shape index (κ1) is 11.9. The van der Waals surface area contributed by atoms with Crippen LogP contribution in [0.1, 0.15) is 33.6 Å². The molecule has 0 aromatic heterocycles. The number of carbonyl (C=O) groups is 1. The first-order valence-corrected chi connectivity index (χ1v) is 3.45. The third kappa shape index (κ3) is 56.9. The van der Waals surface area contributed by atoms with E-state index in [2.05, 4.69) is 26.0 Å². The molecule has 0 radical (unpaired) electrons. The van der Waals surface area contributed by atoms with Gasteiger partial charge in [-0.15, -0.1) is 0 Å². The number of carboxylic acid groups (broad SMARTS) is 1. The molecular weight excluding hydrogens is 128 g/mol. The van der Waals surface area contributed by atoms with Gasteiger partial charge in [0.05, 0.1) is 0 Å². The molecule has 0 spiro atoms. The highest BCUT2D eigenvalue weighted by Gasteiger charge is 1.65. The zero-order valence-corrected chi connectivity index (χ0v) is 6.92. The van der Waals surface area contributed by atoms with Crippen molar-refractivity contribution < 1.29 is 9.90 Å². The van der Waals surface area contributed by atoms with Gasteiger partial charge >= 0.3 is 0 Å². The van der Waals surface area contributed by atoms with E-state index in [0.717, 1.165) is 6.92 Å². The molecule has 0 saturated carbocycles. The lowest BCUT2D eigenvalue weighted by atomic mass is 10.3. The summed E-state index contributed by atoms with van der Waals surface area (Å²) in [6.07, 6.45) is 6.77. The van der Waals surface area contributed by atoms with Gasteiger partial charge in [0.1, 0.15) is 0 Å². The Labute approximate surface area is 62.6 Å². The standard InChI is InChI=1S/C6H12.C2H4O2/c1-3-5-6-4-2;1-2(3)4/h3,5H,4,6H2,1-2H3;1H3,(H,3,4). The summed E-state index contributed by atoms with van der Waals surface area (Å²) >= 11 is 0. The Kier molecular flexibility index (Phi) is 13.2. The number of aliphatic carboxylic acids is 1. The van der Waals surface area contributed by atoms with E-state index in [-0.39, 0.29) is 0 Å². The average Bonchev–Trinajstić information content (AvgIpc) is 1.82. The van der Waals surface area contributed by atoms with Crippen LogP contribution in [0.3, 0.4) is 0 Å². The van der Waals surface area contributed by atoms with E-state index in [0.29, 0.717) is 0 Å². The van der Waals surface area contributed by atoms with Crippen LogP contribution in [0.15, 0.2) is 12.2 Å². The van der Waals surface area contributed by atoms with Crippen molar-refractivity contribution in [2.24, 2.45) is 0 Å². The van der Waals surface area contributed by atoms with E-state index in [9.17, 15) is 0 Å². The number of hydrogen-bond acceptors (Lipinski definition) is 1. The summed E-state index contributed by atoms with van der Waals surface area (Å²) in [6.45, 7) is 5.32. The maximum Gasteiger partial charge on any atom is 0.300 e. The molecule has 0 aromatic carbocycles. The number of hydrogen-bond donors (Lipinski definition) is 1. The molecule has 0 heterocycles. The molecule has 60 valence electrons. The predicted octanol–water partition coefficient (Wildman–Crippen LogP) is 2.45. The van der Waals surface area contributed by atoms with E-state index >= 15 is 0 Å². The fourth-order valence-corrected chi connectivity index (χ4v) is 0.333. The third-order valence-corrected chi connectivity index (χ3v) is 0.691. The second-order valence-electron chi connectivity index (χ2n) is 1.88. The van der Waals surface area contributed by atoms with Gasteiger partial charge in [-0.2, -0.15) is 0 Å². The minimum absolute atomic E-state index is 0.833. The van der Waals surface area contributed by atoms with Crippen LogP contribution in [0.4, 0.5) is 0 Å². The lowest BCUT2D eigenvalue weighted by Gasteiger charge is -1.76. The molecule has 0 aliphatic rings. The van der Waals surface area contributed by atoms with Crippen molar-refractivity contribution in [3.63, 3.8) is 0 Å². The van der Waals surface area contributed by atoms with Gasteiger partial charge in [0, 0.05) is 6.92 Å². The summed E-state index contributed by atoms with van der Waals surface area (Å²) in [5.41, 5.74) is 0. The van der Waals surface area contributed by atoms with Crippen molar-refractivity contribution in [2.45, 2.75) is 33.6 Å². The molecular formula is C8H16O2. The predicted molar refractivity (Wildman–Crippen MR) is 43.0 cm³/mol. The van der Waals surface area contributed by atoms with Crippen molar-refractivity contribution in [1.82, 2.24) is 0 Å². The zero-order valence-electron chi connectivity index (χ0n) is 6.92. The number of rotatable bonds is 2. The number of carboxylic acids is 1. The highest BCUT2D eigenvalue weighted by atomic mass is 16.4. The Morgan fingerprint density at radius 1 is 1.60 bits per heavy atom. The molecule has 0 aliphatic heterocycles. The second kappa shape index (κ2) is 11.1. The molecule has 0 amide bonds. The monoisotopic (exact) mass is 144 g/mol. The van der Waals surface area contributed by atoms with E-state index in [4.69, 9.17) is 9.90 Å². The number of unbranched alkanes of at least 4 members (excludes halogenated alkanes) is 1. The maximum absolute atomic E-state index is 9.00. The molecule has 0 aliphatic carbocycles. The summed E-state index contributed by atoms with van der Waals surface area (Å²) in [5.74, 6) is -0.833. The Bertz CT molecular complexity index is 91.4. The first-order chi connectivity index (χ1) is 4.65. The molecule has 0 atom stereocenters. The van der Waals surface area contributed by atoms with Crippen molar-refractivity contribution >= 4 is 5.97 Å². The van der Waals surface area contributed by atoms with Crippen molar-refractivity contribution in [3.8, 4) is 0 Å². The molecule has 0 bridgehead atoms. The van der Waals surface area contributed by atoms with Crippen molar-refractivity contribution in [3.05, 3.63) is 12.2 Å². The Morgan fingerprint density at radius 3 is 2.10 bits per heavy atom. The minimum Gasteiger partial charge on any atom is -0.481 e. The molecule has 0 rings (SSSR count). The fourth-order valence-electron chi connectivity index (χ4n) is 0.333.